The molecule has 2 aliphatic rings. The highest BCUT2D eigenvalue weighted by Gasteiger charge is 2.28. The average molecular weight is 633 g/mol. The Balaban J connectivity index is 1.37. The summed E-state index contributed by atoms with van der Waals surface area (Å²) < 4.78 is 48.6. The quantitative estimate of drug-likeness (QED) is 0.211. The molecule has 0 unspecified atom stereocenters. The van der Waals surface area contributed by atoms with E-state index in [2.05, 4.69) is 15.1 Å². The number of fused-ring (bicyclic) bond motifs is 1. The third-order valence-electron chi connectivity index (χ3n) is 7.89. The van der Waals surface area contributed by atoms with Gasteiger partial charge in [0.15, 0.2) is 17.2 Å². The first-order chi connectivity index (χ1) is 21.6. The number of anilines is 1. The zero-order valence-electron chi connectivity index (χ0n) is 24.7. The minimum Gasteiger partial charge on any atom is -0.476 e. The first-order valence-electron chi connectivity index (χ1n) is 14.5. The molecular formula is C32H32N4O8S. The zero-order chi connectivity index (χ0) is 31.7. The molecule has 1 aliphatic heterocycles. The second-order valence-corrected chi connectivity index (χ2v) is 12.8. The van der Waals surface area contributed by atoms with Gasteiger partial charge in [-0.1, -0.05) is 36.6 Å². The zero-order valence-corrected chi connectivity index (χ0v) is 25.5. The molecule has 0 radical (unpaired) electrons. The first-order valence-corrected chi connectivity index (χ1v) is 16.0. The molecule has 45 heavy (non-hydrogen) atoms. The molecular weight excluding hydrogens is 600 g/mol. The largest absolute Gasteiger partial charge is 0.476 e. The summed E-state index contributed by atoms with van der Waals surface area (Å²) in [6.45, 7) is 3.48. The molecule has 6 rings (SSSR count). The first kappa shape index (κ1) is 30.2. The normalized spacial score (nSPS) is 14.4. The van der Waals surface area contributed by atoms with Gasteiger partial charge in [0, 0.05) is 23.7 Å². The van der Waals surface area contributed by atoms with Gasteiger partial charge in [-0.2, -0.15) is 9.78 Å². The Morgan fingerprint density at radius 3 is 2.47 bits per heavy atom. The maximum Gasteiger partial charge on any atom is 0.356 e. The van der Waals surface area contributed by atoms with Crippen molar-refractivity contribution in [2.24, 2.45) is 5.92 Å². The Kier molecular flexibility index (Phi) is 8.21. The number of carbonyl (C=O) groups excluding carboxylic acids is 1. The van der Waals surface area contributed by atoms with Gasteiger partial charge in [0.05, 0.1) is 5.69 Å². The molecule has 4 aromatic rings. The van der Waals surface area contributed by atoms with Crippen LogP contribution in [-0.4, -0.2) is 42.0 Å². The standard InChI is InChI=1S/C32H32N4O8S/c1-19-7-11-24(12-8-19)36-31(20(2)29(35-36)32(38)39)44-26-14-10-23(34-30(37)22-5-3-4-6-22)16-28(26)45(40,41)33-17-21-9-13-25-27(15-21)43-18-42-25/h7-16,22,33H,3-6,17-18H2,1-2H3,(H,34,37)(H,38,39). The predicted molar refractivity (Wildman–Crippen MR) is 164 cm³/mol. The molecule has 234 valence electrons. The summed E-state index contributed by atoms with van der Waals surface area (Å²) in [5, 5.41) is 16.9. The second kappa shape index (κ2) is 12.3. The molecule has 1 amide bonds. The number of aryl methyl sites for hydroxylation is 1. The summed E-state index contributed by atoms with van der Waals surface area (Å²) in [6.07, 6.45) is 3.51. The van der Waals surface area contributed by atoms with Crippen molar-refractivity contribution in [1.82, 2.24) is 14.5 Å². The Labute approximate surface area is 260 Å². The van der Waals surface area contributed by atoms with Crippen LogP contribution in [0.3, 0.4) is 0 Å². The number of aromatic nitrogens is 2. The molecule has 1 aliphatic carbocycles. The lowest BCUT2D eigenvalue weighted by Gasteiger charge is -2.17. The van der Waals surface area contributed by atoms with E-state index < -0.39 is 16.0 Å². The van der Waals surface area contributed by atoms with Crippen LogP contribution in [-0.2, 0) is 21.4 Å². The third kappa shape index (κ3) is 6.35. The van der Waals surface area contributed by atoms with E-state index >= 15 is 0 Å². The van der Waals surface area contributed by atoms with Gasteiger partial charge in [-0.15, -0.1) is 0 Å². The lowest BCUT2D eigenvalue weighted by Crippen LogP contribution is -2.24. The average Bonchev–Trinajstić information content (AvgIpc) is 3.78. The molecule has 0 saturated heterocycles. The van der Waals surface area contributed by atoms with E-state index in [1.807, 2.05) is 19.1 Å². The van der Waals surface area contributed by atoms with Gasteiger partial charge < -0.3 is 24.6 Å². The van der Waals surface area contributed by atoms with Crippen LogP contribution in [0.5, 0.6) is 23.1 Å². The number of rotatable bonds is 10. The van der Waals surface area contributed by atoms with E-state index in [4.69, 9.17) is 14.2 Å². The number of benzene rings is 3. The summed E-state index contributed by atoms with van der Waals surface area (Å²) in [6, 6.07) is 16.6. The van der Waals surface area contributed by atoms with Crippen LogP contribution >= 0.6 is 0 Å². The fraction of sp³-hybridized carbons (Fsp3) is 0.281. The maximum atomic E-state index is 13.9. The second-order valence-electron chi connectivity index (χ2n) is 11.1. The predicted octanol–water partition coefficient (Wildman–Crippen LogP) is 5.32. The van der Waals surface area contributed by atoms with Gasteiger partial charge in [0.25, 0.3) is 0 Å². The van der Waals surface area contributed by atoms with Crippen LogP contribution in [0.4, 0.5) is 5.69 Å². The Morgan fingerprint density at radius 2 is 1.73 bits per heavy atom. The molecule has 12 nitrogen and oxygen atoms in total. The van der Waals surface area contributed by atoms with E-state index in [0.29, 0.717) is 22.7 Å². The van der Waals surface area contributed by atoms with E-state index in [0.717, 1.165) is 31.2 Å². The third-order valence-corrected chi connectivity index (χ3v) is 9.31. The van der Waals surface area contributed by atoms with Crippen molar-refractivity contribution in [3.05, 3.63) is 83.0 Å². The van der Waals surface area contributed by atoms with Gasteiger partial charge >= 0.3 is 5.97 Å². The number of carbonyl (C=O) groups is 2. The van der Waals surface area contributed by atoms with Crippen LogP contribution in [0.15, 0.2) is 65.6 Å². The molecule has 0 bridgehead atoms. The van der Waals surface area contributed by atoms with Gasteiger partial charge in [-0.3, -0.25) is 4.79 Å². The molecule has 1 aromatic heterocycles. The molecule has 0 spiro atoms. The van der Waals surface area contributed by atoms with E-state index in [9.17, 15) is 23.1 Å². The molecule has 1 fully saturated rings. The van der Waals surface area contributed by atoms with Crippen molar-refractivity contribution in [3.8, 4) is 28.8 Å². The Morgan fingerprint density at radius 1 is 1.00 bits per heavy atom. The lowest BCUT2D eigenvalue weighted by molar-refractivity contribution is -0.119. The molecule has 3 N–H and O–H groups in total. The maximum absolute atomic E-state index is 13.9. The number of carboxylic acids is 1. The Bertz CT molecular complexity index is 1880. The number of sulfonamides is 1. The number of aromatic carboxylic acids is 1. The molecule has 2 heterocycles. The fourth-order valence-electron chi connectivity index (χ4n) is 5.39. The van der Waals surface area contributed by atoms with Gasteiger partial charge in [0.2, 0.25) is 28.6 Å². The molecule has 3 aromatic carbocycles. The number of nitrogens with zero attached hydrogens (tertiary/aromatic N) is 2. The van der Waals surface area contributed by atoms with Gasteiger partial charge in [0.1, 0.15) is 10.6 Å². The SMILES string of the molecule is Cc1ccc(-n2nc(C(=O)O)c(C)c2Oc2ccc(NC(=O)C3CCCC3)cc2S(=O)(=O)NCc2ccc3c(c2)OCO3)cc1. The summed E-state index contributed by atoms with van der Waals surface area (Å²) in [4.78, 5) is 24.6. The Hall–Kier alpha value is -4.88. The lowest BCUT2D eigenvalue weighted by atomic mass is 10.1. The minimum absolute atomic E-state index is 0.0335. The monoisotopic (exact) mass is 632 g/mol. The van der Waals surface area contributed by atoms with Crippen LogP contribution in [0.1, 0.15) is 52.9 Å². The highest BCUT2D eigenvalue weighted by Crippen LogP contribution is 2.37. The van der Waals surface area contributed by atoms with Crippen molar-refractivity contribution in [1.29, 1.82) is 0 Å². The molecule has 0 atom stereocenters. The number of amides is 1. The van der Waals surface area contributed by atoms with Crippen molar-refractivity contribution >= 4 is 27.6 Å². The van der Waals surface area contributed by atoms with Crippen LogP contribution < -0.4 is 24.2 Å². The van der Waals surface area contributed by atoms with E-state index in [-0.39, 0.29) is 58.6 Å². The highest BCUT2D eigenvalue weighted by atomic mass is 32.2. The van der Waals surface area contributed by atoms with E-state index in [1.54, 1.807) is 43.3 Å². The number of ether oxygens (including phenoxy) is 3. The number of hydrogen-bond donors (Lipinski definition) is 3. The summed E-state index contributed by atoms with van der Waals surface area (Å²) >= 11 is 0. The summed E-state index contributed by atoms with van der Waals surface area (Å²) in [5.74, 6) is -0.521. The number of carboxylic acid groups (broad SMARTS) is 1. The summed E-state index contributed by atoms with van der Waals surface area (Å²) in [7, 11) is -4.25. The van der Waals surface area contributed by atoms with Crippen LogP contribution in [0, 0.1) is 19.8 Å². The fourth-order valence-corrected chi connectivity index (χ4v) is 6.56. The summed E-state index contributed by atoms with van der Waals surface area (Å²) in [5.41, 5.74) is 2.40. The van der Waals surface area contributed by atoms with Gasteiger partial charge in [-0.05, 0) is 74.7 Å². The van der Waals surface area contributed by atoms with E-state index in [1.165, 1.54) is 16.8 Å². The van der Waals surface area contributed by atoms with Crippen molar-refractivity contribution in [3.63, 3.8) is 0 Å². The molecule has 13 heteroatoms. The van der Waals surface area contributed by atoms with Crippen molar-refractivity contribution < 1.29 is 37.3 Å². The van der Waals surface area contributed by atoms with Gasteiger partial charge in [-0.25, -0.2) is 17.9 Å². The number of nitrogens with one attached hydrogen (secondary N) is 2. The van der Waals surface area contributed by atoms with Crippen LogP contribution in [0.25, 0.3) is 5.69 Å². The smallest absolute Gasteiger partial charge is 0.356 e. The van der Waals surface area contributed by atoms with Crippen molar-refractivity contribution in [2.45, 2.75) is 51.0 Å². The minimum atomic E-state index is -4.25. The molecule has 1 saturated carbocycles. The highest BCUT2D eigenvalue weighted by molar-refractivity contribution is 7.89. The van der Waals surface area contributed by atoms with Crippen LogP contribution in [0.2, 0.25) is 0 Å². The van der Waals surface area contributed by atoms with Crippen molar-refractivity contribution in [2.75, 3.05) is 12.1 Å². The topological polar surface area (TPSA) is 158 Å². The number of hydrogen-bond acceptors (Lipinski definition) is 8.